The summed E-state index contributed by atoms with van der Waals surface area (Å²) in [5.41, 5.74) is 9.11. The summed E-state index contributed by atoms with van der Waals surface area (Å²) in [7, 11) is 1.63. The van der Waals surface area contributed by atoms with Gasteiger partial charge < -0.3 is 20.5 Å². The number of carbonyl (C=O) groups excluding carboxylic acids is 1. The standard InChI is InChI=1S/C18H21N5O3/c1-4-26-18(24)22-14-9-13-16(17(19)21-14)23-15(10(2)20-13)11-5-7-12(25-3)8-6-11/h5-10,20H,4H2,1-3H3,(H3,19,21,22,24)/t10-/m0/s1. The van der Waals surface area contributed by atoms with Crippen molar-refractivity contribution >= 4 is 34.8 Å². The second-order valence-electron chi connectivity index (χ2n) is 5.73. The first-order valence-corrected chi connectivity index (χ1v) is 8.25. The van der Waals surface area contributed by atoms with Crippen LogP contribution in [0.15, 0.2) is 35.3 Å². The number of pyridine rings is 1. The van der Waals surface area contributed by atoms with Crippen molar-refractivity contribution in [2.24, 2.45) is 4.99 Å². The van der Waals surface area contributed by atoms with E-state index >= 15 is 0 Å². The van der Waals surface area contributed by atoms with Crippen molar-refractivity contribution in [1.82, 2.24) is 4.98 Å². The summed E-state index contributed by atoms with van der Waals surface area (Å²) in [5.74, 6) is 1.31. The summed E-state index contributed by atoms with van der Waals surface area (Å²) in [6.45, 7) is 4.00. The van der Waals surface area contributed by atoms with E-state index in [-0.39, 0.29) is 18.5 Å². The molecule has 0 spiro atoms. The third-order valence-corrected chi connectivity index (χ3v) is 3.93. The number of aliphatic imine (C=N–C) groups is 1. The van der Waals surface area contributed by atoms with Crippen LogP contribution in [0.4, 0.5) is 27.8 Å². The topological polar surface area (TPSA) is 111 Å². The van der Waals surface area contributed by atoms with Gasteiger partial charge in [-0.15, -0.1) is 0 Å². The van der Waals surface area contributed by atoms with Gasteiger partial charge in [0.1, 0.15) is 17.3 Å². The Morgan fingerprint density at radius 3 is 2.73 bits per heavy atom. The van der Waals surface area contributed by atoms with E-state index in [1.165, 1.54) is 0 Å². The molecular weight excluding hydrogens is 334 g/mol. The van der Waals surface area contributed by atoms with Crippen molar-refractivity contribution in [2.75, 3.05) is 30.1 Å². The Morgan fingerprint density at radius 1 is 1.35 bits per heavy atom. The lowest BCUT2D eigenvalue weighted by Crippen LogP contribution is -2.30. The van der Waals surface area contributed by atoms with Gasteiger partial charge >= 0.3 is 6.09 Å². The summed E-state index contributed by atoms with van der Waals surface area (Å²) in [4.78, 5) is 20.5. The molecule has 8 nitrogen and oxygen atoms in total. The van der Waals surface area contributed by atoms with Crippen LogP contribution >= 0.6 is 0 Å². The first-order chi connectivity index (χ1) is 12.5. The summed E-state index contributed by atoms with van der Waals surface area (Å²) in [5, 5.41) is 5.90. The molecule has 4 N–H and O–H groups in total. The summed E-state index contributed by atoms with van der Waals surface area (Å²) >= 11 is 0. The predicted octanol–water partition coefficient (Wildman–Crippen LogP) is 3.18. The molecule has 0 aliphatic carbocycles. The number of nitrogens with two attached hydrogens (primary N) is 1. The van der Waals surface area contributed by atoms with Crippen LogP contribution in [0.2, 0.25) is 0 Å². The molecule has 1 aromatic heterocycles. The molecular formula is C18H21N5O3. The van der Waals surface area contributed by atoms with E-state index in [0.29, 0.717) is 17.2 Å². The average Bonchev–Trinajstić information content (AvgIpc) is 2.61. The van der Waals surface area contributed by atoms with Crippen LogP contribution in [0.25, 0.3) is 0 Å². The van der Waals surface area contributed by atoms with Crippen molar-refractivity contribution in [2.45, 2.75) is 19.9 Å². The van der Waals surface area contributed by atoms with E-state index < -0.39 is 6.09 Å². The van der Waals surface area contributed by atoms with Crippen LogP contribution in [-0.2, 0) is 4.74 Å². The van der Waals surface area contributed by atoms with Gasteiger partial charge in [0, 0.05) is 6.07 Å². The number of nitrogen functional groups attached to an aromatic ring is 1. The van der Waals surface area contributed by atoms with Crippen molar-refractivity contribution in [1.29, 1.82) is 0 Å². The average molecular weight is 355 g/mol. The molecule has 1 aliphatic heterocycles. The van der Waals surface area contributed by atoms with Gasteiger partial charge in [0.25, 0.3) is 0 Å². The summed E-state index contributed by atoms with van der Waals surface area (Å²) in [6.07, 6.45) is -0.578. The van der Waals surface area contributed by atoms with Gasteiger partial charge in [0.15, 0.2) is 5.82 Å². The predicted molar refractivity (Wildman–Crippen MR) is 102 cm³/mol. The van der Waals surface area contributed by atoms with Crippen molar-refractivity contribution < 1.29 is 14.3 Å². The number of fused-ring (bicyclic) bond motifs is 1. The molecule has 1 aromatic carbocycles. The van der Waals surface area contributed by atoms with E-state index in [1.807, 2.05) is 31.2 Å². The number of benzene rings is 1. The number of hydrogen-bond donors (Lipinski definition) is 3. The smallest absolute Gasteiger partial charge is 0.412 e. The molecule has 2 heterocycles. The molecule has 0 bridgehead atoms. The maximum atomic E-state index is 11.6. The third kappa shape index (κ3) is 3.53. The first-order valence-electron chi connectivity index (χ1n) is 8.25. The fourth-order valence-electron chi connectivity index (χ4n) is 2.72. The number of aromatic nitrogens is 1. The van der Waals surface area contributed by atoms with Crippen LogP contribution in [0, 0.1) is 0 Å². The van der Waals surface area contributed by atoms with Crippen LogP contribution < -0.4 is 21.1 Å². The Balaban J connectivity index is 1.93. The SMILES string of the molecule is CCOC(=O)Nc1cc2c(c(N)n1)N=C(c1ccc(OC)cc1)[C@H](C)N2. The lowest BCUT2D eigenvalue weighted by Gasteiger charge is -2.25. The molecule has 0 radical (unpaired) electrons. The Morgan fingerprint density at radius 2 is 2.08 bits per heavy atom. The van der Waals surface area contributed by atoms with Crippen molar-refractivity contribution in [3.05, 3.63) is 35.9 Å². The largest absolute Gasteiger partial charge is 0.497 e. The number of nitrogens with zero attached hydrogens (tertiary/aromatic N) is 2. The molecule has 136 valence electrons. The number of ether oxygens (including phenoxy) is 2. The highest BCUT2D eigenvalue weighted by atomic mass is 16.5. The minimum absolute atomic E-state index is 0.0480. The fourth-order valence-corrected chi connectivity index (χ4v) is 2.72. The number of methoxy groups -OCH3 is 1. The van der Waals surface area contributed by atoms with E-state index in [9.17, 15) is 4.79 Å². The highest BCUT2D eigenvalue weighted by molar-refractivity contribution is 6.10. The van der Waals surface area contributed by atoms with Gasteiger partial charge in [-0.2, -0.15) is 0 Å². The Hall–Kier alpha value is -3.29. The minimum atomic E-state index is -0.578. The molecule has 1 amide bonds. The molecule has 1 atom stereocenters. The Bertz CT molecular complexity index is 849. The Labute approximate surface area is 151 Å². The molecule has 1 aliphatic rings. The molecule has 0 saturated carbocycles. The zero-order valence-corrected chi connectivity index (χ0v) is 14.9. The van der Waals surface area contributed by atoms with Gasteiger partial charge in [0.05, 0.1) is 31.2 Å². The van der Waals surface area contributed by atoms with Gasteiger partial charge in [-0.05, 0) is 43.7 Å². The highest BCUT2D eigenvalue weighted by Crippen LogP contribution is 2.37. The number of nitrogens with one attached hydrogen (secondary N) is 2. The van der Waals surface area contributed by atoms with Crippen LogP contribution in [0.3, 0.4) is 0 Å². The third-order valence-electron chi connectivity index (χ3n) is 3.93. The quantitative estimate of drug-likeness (QED) is 0.777. The lowest BCUT2D eigenvalue weighted by atomic mass is 10.0. The molecule has 0 saturated heterocycles. The summed E-state index contributed by atoms with van der Waals surface area (Å²) in [6, 6.07) is 9.30. The van der Waals surface area contributed by atoms with Gasteiger partial charge in [0.2, 0.25) is 0 Å². The normalized spacial score (nSPS) is 15.3. The van der Waals surface area contributed by atoms with Crippen LogP contribution in [0.5, 0.6) is 5.75 Å². The second-order valence-corrected chi connectivity index (χ2v) is 5.73. The maximum Gasteiger partial charge on any atom is 0.412 e. The van der Waals surface area contributed by atoms with Gasteiger partial charge in [-0.1, -0.05) is 0 Å². The molecule has 26 heavy (non-hydrogen) atoms. The number of anilines is 3. The Kier molecular flexibility index (Phi) is 4.92. The first kappa shape index (κ1) is 17.5. The lowest BCUT2D eigenvalue weighted by molar-refractivity contribution is 0.168. The maximum absolute atomic E-state index is 11.6. The van der Waals surface area contributed by atoms with Gasteiger partial charge in [-0.25, -0.2) is 14.8 Å². The van der Waals surface area contributed by atoms with E-state index in [1.54, 1.807) is 20.1 Å². The molecule has 3 rings (SSSR count). The fraction of sp³-hybridized carbons (Fsp3) is 0.278. The van der Waals surface area contributed by atoms with Crippen molar-refractivity contribution in [3.8, 4) is 5.75 Å². The van der Waals surface area contributed by atoms with E-state index in [4.69, 9.17) is 20.2 Å². The van der Waals surface area contributed by atoms with Crippen LogP contribution in [-0.4, -0.2) is 36.5 Å². The van der Waals surface area contributed by atoms with E-state index in [2.05, 4.69) is 15.6 Å². The van der Waals surface area contributed by atoms with E-state index in [0.717, 1.165) is 17.0 Å². The molecule has 8 heteroatoms. The zero-order valence-electron chi connectivity index (χ0n) is 14.9. The summed E-state index contributed by atoms with van der Waals surface area (Å²) < 4.78 is 10.0. The number of amides is 1. The zero-order chi connectivity index (χ0) is 18.7. The molecule has 0 unspecified atom stereocenters. The monoisotopic (exact) mass is 355 g/mol. The highest BCUT2D eigenvalue weighted by Gasteiger charge is 2.23. The number of rotatable bonds is 4. The number of carbonyl (C=O) groups is 1. The van der Waals surface area contributed by atoms with Crippen molar-refractivity contribution in [3.63, 3.8) is 0 Å². The number of hydrogen-bond acceptors (Lipinski definition) is 7. The molecule has 0 fully saturated rings. The van der Waals surface area contributed by atoms with Gasteiger partial charge in [-0.3, -0.25) is 5.32 Å². The minimum Gasteiger partial charge on any atom is -0.497 e. The van der Waals surface area contributed by atoms with Crippen LogP contribution in [0.1, 0.15) is 19.4 Å². The second kappa shape index (κ2) is 7.30. The molecule has 2 aromatic rings.